The van der Waals surface area contributed by atoms with Gasteiger partial charge in [-0.25, -0.2) is 0 Å². The Balaban J connectivity index is 2.67. The first-order chi connectivity index (χ1) is 15.4. The number of hydrogen-bond donors (Lipinski definition) is 1. The van der Waals surface area contributed by atoms with Gasteiger partial charge >= 0.3 is 17.9 Å². The summed E-state index contributed by atoms with van der Waals surface area (Å²) in [6, 6.07) is -1.06. The Morgan fingerprint density at radius 2 is 1.73 bits per heavy atom. The number of thioether (sulfide) groups is 1. The van der Waals surface area contributed by atoms with Crippen LogP contribution in [0, 0.1) is 0 Å². The van der Waals surface area contributed by atoms with E-state index in [0.29, 0.717) is 0 Å². The molecule has 14 heteroatoms. The zero-order valence-corrected chi connectivity index (χ0v) is 20.9. The van der Waals surface area contributed by atoms with Crippen LogP contribution in [0.4, 0.5) is 0 Å². The van der Waals surface area contributed by atoms with Gasteiger partial charge in [-0.05, 0) is 22.2 Å². The molecular weight excluding hydrogens is 526 g/mol. The van der Waals surface area contributed by atoms with Crippen molar-refractivity contribution in [2.24, 2.45) is 0 Å². The van der Waals surface area contributed by atoms with Gasteiger partial charge in [0.05, 0.1) is 0 Å². The highest BCUT2D eigenvalue weighted by Crippen LogP contribution is 2.34. The Hall–Kier alpha value is -2.45. The van der Waals surface area contributed by atoms with Crippen LogP contribution in [0.25, 0.3) is 0 Å². The molecule has 5 atom stereocenters. The van der Waals surface area contributed by atoms with Crippen molar-refractivity contribution in [2.45, 2.75) is 63.4 Å². The van der Waals surface area contributed by atoms with Crippen molar-refractivity contribution in [1.82, 2.24) is 14.9 Å². The molecule has 0 aliphatic carbocycles. The van der Waals surface area contributed by atoms with Crippen LogP contribution in [0.3, 0.4) is 0 Å². The van der Waals surface area contributed by atoms with Gasteiger partial charge in [0, 0.05) is 33.9 Å². The van der Waals surface area contributed by atoms with Crippen LogP contribution >= 0.6 is 27.7 Å². The number of esters is 3. The minimum Gasteiger partial charge on any atom is -0.463 e. The third-order valence-electron chi connectivity index (χ3n) is 4.42. The molecule has 1 aliphatic heterocycles. The van der Waals surface area contributed by atoms with Crippen LogP contribution in [0.5, 0.6) is 0 Å². The average molecular weight is 550 g/mol. The van der Waals surface area contributed by atoms with Crippen molar-refractivity contribution in [3.8, 4) is 0 Å². The standard InChI is InChI=1S/C19H24BrN3O9S/c1-8(24)21-14-16(31-11(4)27)15(30-10(3)26)13(7-29-9(2)25)32-18(14)23-6-12(20)17(28)22-19(23)33-5/h6,13-16,18H,7H2,1-5H3,(H,21,24)/t13-,14-,15-,16-,18-/m1/s1. The highest BCUT2D eigenvalue weighted by molar-refractivity contribution is 9.10. The zero-order valence-electron chi connectivity index (χ0n) is 18.5. The molecule has 0 spiro atoms. The van der Waals surface area contributed by atoms with Crippen molar-refractivity contribution in [1.29, 1.82) is 0 Å². The summed E-state index contributed by atoms with van der Waals surface area (Å²) in [6.07, 6.45) is -1.50. The fraction of sp³-hybridized carbons (Fsp3) is 0.579. The molecule has 2 heterocycles. The molecule has 1 aromatic heterocycles. The van der Waals surface area contributed by atoms with Crippen molar-refractivity contribution in [3.05, 3.63) is 21.0 Å². The van der Waals surface area contributed by atoms with E-state index in [1.165, 1.54) is 24.6 Å². The smallest absolute Gasteiger partial charge is 0.303 e. The quantitative estimate of drug-likeness (QED) is 0.219. The van der Waals surface area contributed by atoms with Gasteiger partial charge in [-0.1, -0.05) is 11.8 Å². The van der Waals surface area contributed by atoms with E-state index in [9.17, 15) is 24.0 Å². The van der Waals surface area contributed by atoms with E-state index in [-0.39, 0.29) is 16.2 Å². The van der Waals surface area contributed by atoms with E-state index in [2.05, 4.69) is 26.2 Å². The lowest BCUT2D eigenvalue weighted by Crippen LogP contribution is -2.64. The van der Waals surface area contributed by atoms with Gasteiger partial charge in [0.15, 0.2) is 23.6 Å². The summed E-state index contributed by atoms with van der Waals surface area (Å²) in [5.41, 5.74) is -0.520. The largest absolute Gasteiger partial charge is 0.463 e. The molecule has 0 aromatic carbocycles. The average Bonchev–Trinajstić information content (AvgIpc) is 2.70. The van der Waals surface area contributed by atoms with Crippen LogP contribution in [-0.4, -0.2) is 70.6 Å². The molecule has 33 heavy (non-hydrogen) atoms. The normalized spacial score (nSPS) is 24.5. The van der Waals surface area contributed by atoms with E-state index in [1.807, 2.05) is 0 Å². The molecule has 1 saturated heterocycles. The molecule has 0 radical (unpaired) electrons. The lowest BCUT2D eigenvalue weighted by Gasteiger charge is -2.46. The molecule has 182 valence electrons. The van der Waals surface area contributed by atoms with Crippen LogP contribution in [0.15, 0.2) is 20.6 Å². The van der Waals surface area contributed by atoms with Crippen LogP contribution < -0.4 is 10.9 Å². The van der Waals surface area contributed by atoms with Gasteiger partial charge in [0.1, 0.15) is 23.2 Å². The first kappa shape index (κ1) is 26.8. The Bertz CT molecular complexity index is 986. The topological polar surface area (TPSA) is 152 Å². The number of ether oxygens (including phenoxy) is 4. The maximum atomic E-state index is 12.0. The number of rotatable bonds is 7. The number of amides is 1. The lowest BCUT2D eigenvalue weighted by atomic mass is 9.95. The van der Waals surface area contributed by atoms with Gasteiger partial charge in [0.2, 0.25) is 5.91 Å². The molecule has 2 rings (SSSR count). The molecule has 1 amide bonds. The first-order valence-electron chi connectivity index (χ1n) is 9.67. The Morgan fingerprint density at radius 3 is 2.24 bits per heavy atom. The zero-order chi connectivity index (χ0) is 24.9. The third kappa shape index (κ3) is 7.01. The van der Waals surface area contributed by atoms with Crippen molar-refractivity contribution < 1.29 is 38.1 Å². The predicted molar refractivity (Wildman–Crippen MR) is 117 cm³/mol. The maximum absolute atomic E-state index is 12.0. The van der Waals surface area contributed by atoms with Gasteiger partial charge in [-0.3, -0.25) is 28.5 Å². The van der Waals surface area contributed by atoms with E-state index in [0.717, 1.165) is 25.6 Å². The Labute approximate surface area is 201 Å². The number of halogens is 1. The van der Waals surface area contributed by atoms with E-state index >= 15 is 0 Å². The molecule has 1 fully saturated rings. The Kier molecular flexibility index (Phi) is 9.43. The second kappa shape index (κ2) is 11.6. The van der Waals surface area contributed by atoms with Gasteiger partial charge in [-0.2, -0.15) is 4.98 Å². The highest BCUT2D eigenvalue weighted by atomic mass is 79.9. The van der Waals surface area contributed by atoms with Crippen LogP contribution in [-0.2, 0) is 38.1 Å². The molecule has 0 unspecified atom stereocenters. The van der Waals surface area contributed by atoms with Crippen LogP contribution in [0.2, 0.25) is 0 Å². The van der Waals surface area contributed by atoms with Crippen molar-refractivity contribution >= 4 is 51.5 Å². The summed E-state index contributed by atoms with van der Waals surface area (Å²) in [5, 5.41) is 2.91. The van der Waals surface area contributed by atoms with Gasteiger partial charge in [-0.15, -0.1) is 0 Å². The summed E-state index contributed by atoms with van der Waals surface area (Å²) >= 11 is 4.28. The monoisotopic (exact) mass is 549 g/mol. The molecule has 1 N–H and O–H groups in total. The van der Waals surface area contributed by atoms with Crippen molar-refractivity contribution in [3.63, 3.8) is 0 Å². The SMILES string of the molecule is CSc1nc(=O)c(Br)cn1[C@@H]1O[C@H](COC(C)=O)[C@@H](OC(C)=O)[C@H](OC(C)=O)[C@H]1NC(C)=O. The summed E-state index contributed by atoms with van der Waals surface area (Å²) in [6.45, 7) is 4.42. The first-order valence-corrected chi connectivity index (χ1v) is 11.7. The van der Waals surface area contributed by atoms with E-state index in [1.54, 1.807) is 6.26 Å². The van der Waals surface area contributed by atoms with Crippen molar-refractivity contribution in [2.75, 3.05) is 12.9 Å². The summed E-state index contributed by atoms with van der Waals surface area (Å²) < 4.78 is 23.6. The second-order valence-corrected chi connectivity index (χ2v) is 8.66. The minimum atomic E-state index is -1.22. The molecule has 12 nitrogen and oxygen atoms in total. The number of carbonyl (C=O) groups excluding carboxylic acids is 4. The number of carbonyl (C=O) groups is 4. The molecule has 1 aromatic rings. The molecule has 1 aliphatic rings. The van der Waals surface area contributed by atoms with E-state index < -0.39 is 60.0 Å². The van der Waals surface area contributed by atoms with Gasteiger partial charge in [0.25, 0.3) is 5.56 Å². The Morgan fingerprint density at radius 1 is 1.12 bits per heavy atom. The summed E-state index contributed by atoms with van der Waals surface area (Å²) in [5.74, 6) is -2.50. The minimum absolute atomic E-state index is 0.119. The molecule has 0 saturated carbocycles. The second-order valence-electron chi connectivity index (χ2n) is 7.03. The molecule has 0 bridgehead atoms. The lowest BCUT2D eigenvalue weighted by molar-refractivity contribution is -0.238. The van der Waals surface area contributed by atoms with E-state index in [4.69, 9.17) is 18.9 Å². The summed E-state index contributed by atoms with van der Waals surface area (Å²) in [4.78, 5) is 63.3. The van der Waals surface area contributed by atoms with Gasteiger partial charge < -0.3 is 24.3 Å². The third-order valence-corrected chi connectivity index (χ3v) is 5.63. The number of nitrogens with one attached hydrogen (secondary N) is 1. The maximum Gasteiger partial charge on any atom is 0.303 e. The van der Waals surface area contributed by atoms with Crippen LogP contribution in [0.1, 0.15) is 33.9 Å². The fourth-order valence-corrected chi connectivity index (χ4v) is 4.16. The fourth-order valence-electron chi connectivity index (χ4n) is 3.31. The predicted octanol–water partition coefficient (Wildman–Crippen LogP) is 0.556. The highest BCUT2D eigenvalue weighted by Gasteiger charge is 2.51. The molecular formula is C19H24BrN3O9S. The number of nitrogens with zero attached hydrogens (tertiary/aromatic N) is 2. The number of hydrogen-bond acceptors (Lipinski definition) is 11. The summed E-state index contributed by atoms with van der Waals surface area (Å²) in [7, 11) is 0. The number of aromatic nitrogens is 2.